The van der Waals surface area contributed by atoms with E-state index in [1.54, 1.807) is 0 Å². The molecule has 0 unspecified atom stereocenters. The number of nitrogens with one attached hydrogen (secondary N) is 1. The average molecular weight is 528 g/mol. The van der Waals surface area contributed by atoms with Gasteiger partial charge in [0.2, 0.25) is 11.7 Å². The monoisotopic (exact) mass is 528 g/mol. The van der Waals surface area contributed by atoms with E-state index < -0.39 is 58.6 Å². The molecule has 0 bridgehead atoms. The molecule has 37 heavy (non-hydrogen) atoms. The first-order chi connectivity index (χ1) is 17.2. The number of aliphatic hydroxyl groups is 1. The summed E-state index contributed by atoms with van der Waals surface area (Å²) in [6.45, 7) is 1.93. The molecule has 196 valence electrons. The van der Waals surface area contributed by atoms with E-state index in [0.717, 1.165) is 18.7 Å². The maximum absolute atomic E-state index is 14.3. The lowest BCUT2D eigenvalue weighted by Gasteiger charge is -2.34. The molecule has 1 aliphatic heterocycles. The molecule has 5 rings (SSSR count). The van der Waals surface area contributed by atoms with E-state index in [4.69, 9.17) is 8.83 Å². The number of alkyl halides is 6. The van der Waals surface area contributed by atoms with Gasteiger partial charge >= 0.3 is 12.4 Å². The Hall–Kier alpha value is -3.81. The second-order valence-electron chi connectivity index (χ2n) is 9.01. The number of aromatic amines is 1. The quantitative estimate of drug-likeness (QED) is 0.354. The standard InChI is InChI=1S/C23H18F6N4O4/c1-21(2,35)20-32-18(23(27,28)29)17(37-20)19(34)33-8-7-11-14(31-9-30-11)15(33)16-13(22(24,25)26)10-5-3-4-6-12(10)36-16/h3-6,9,15,35H,7-8H2,1-2H3,(H,30,31)/t15-/m1/s1. The minimum Gasteiger partial charge on any atom is -0.458 e. The molecule has 0 fully saturated rings. The van der Waals surface area contributed by atoms with Crippen LogP contribution < -0.4 is 0 Å². The Bertz CT molecular complexity index is 1490. The summed E-state index contributed by atoms with van der Waals surface area (Å²) in [7, 11) is 0. The van der Waals surface area contributed by atoms with Gasteiger partial charge in [0.05, 0.1) is 12.0 Å². The number of carbonyl (C=O) groups is 1. The lowest BCUT2D eigenvalue weighted by Crippen LogP contribution is -2.41. The molecule has 8 nitrogen and oxygen atoms in total. The van der Waals surface area contributed by atoms with E-state index in [2.05, 4.69) is 15.0 Å². The number of furan rings is 1. The number of oxazole rings is 1. The number of halogens is 6. The van der Waals surface area contributed by atoms with Gasteiger partial charge in [-0.3, -0.25) is 4.79 Å². The molecule has 0 radical (unpaired) electrons. The number of benzene rings is 1. The fourth-order valence-electron chi connectivity index (χ4n) is 4.36. The van der Waals surface area contributed by atoms with Gasteiger partial charge in [-0.25, -0.2) is 9.97 Å². The van der Waals surface area contributed by atoms with Crippen molar-refractivity contribution in [2.75, 3.05) is 6.54 Å². The highest BCUT2D eigenvalue weighted by molar-refractivity contribution is 5.94. The van der Waals surface area contributed by atoms with Gasteiger partial charge < -0.3 is 23.8 Å². The molecular weight excluding hydrogens is 510 g/mol. The van der Waals surface area contributed by atoms with Gasteiger partial charge in [-0.2, -0.15) is 26.3 Å². The van der Waals surface area contributed by atoms with Crippen LogP contribution in [0.2, 0.25) is 0 Å². The highest BCUT2D eigenvalue weighted by Crippen LogP contribution is 2.46. The topological polar surface area (TPSA) is 108 Å². The maximum Gasteiger partial charge on any atom is 0.437 e. The fourth-order valence-corrected chi connectivity index (χ4v) is 4.36. The van der Waals surface area contributed by atoms with Gasteiger partial charge in [0.25, 0.3) is 5.91 Å². The van der Waals surface area contributed by atoms with Crippen LogP contribution in [-0.4, -0.2) is 37.4 Å². The number of rotatable bonds is 3. The number of hydrogen-bond donors (Lipinski definition) is 2. The van der Waals surface area contributed by atoms with Crippen LogP contribution in [0, 0.1) is 0 Å². The molecule has 14 heteroatoms. The first-order valence-corrected chi connectivity index (χ1v) is 10.9. The van der Waals surface area contributed by atoms with E-state index in [1.807, 2.05) is 0 Å². The molecule has 1 atom stereocenters. The molecule has 1 amide bonds. The zero-order valence-electron chi connectivity index (χ0n) is 19.2. The molecule has 2 N–H and O–H groups in total. The normalized spacial score (nSPS) is 16.9. The van der Waals surface area contributed by atoms with E-state index in [-0.39, 0.29) is 29.6 Å². The molecule has 0 spiro atoms. The number of H-pyrrole nitrogens is 1. The van der Waals surface area contributed by atoms with Crippen molar-refractivity contribution >= 4 is 16.9 Å². The Kier molecular flexibility index (Phi) is 5.44. The number of para-hydroxylation sites is 1. The molecular formula is C23H18F6N4O4. The Balaban J connectivity index is 1.72. The Morgan fingerprint density at radius 1 is 1.11 bits per heavy atom. The molecule has 3 aromatic heterocycles. The Morgan fingerprint density at radius 3 is 2.46 bits per heavy atom. The number of nitrogens with zero attached hydrogens (tertiary/aromatic N) is 3. The third-order valence-electron chi connectivity index (χ3n) is 5.95. The van der Waals surface area contributed by atoms with Crippen LogP contribution >= 0.6 is 0 Å². The lowest BCUT2D eigenvalue weighted by molar-refractivity contribution is -0.141. The van der Waals surface area contributed by atoms with Crippen molar-refractivity contribution in [3.8, 4) is 0 Å². The van der Waals surface area contributed by atoms with Crippen molar-refractivity contribution in [2.45, 2.75) is 44.3 Å². The Labute approximate surface area is 203 Å². The van der Waals surface area contributed by atoms with Crippen molar-refractivity contribution < 1.29 is 45.1 Å². The average Bonchev–Trinajstić information content (AvgIpc) is 3.52. The fraction of sp³-hybridized carbons (Fsp3) is 0.348. The number of hydrogen-bond acceptors (Lipinski definition) is 6. The molecule has 0 aliphatic carbocycles. The maximum atomic E-state index is 14.3. The minimum atomic E-state index is -5.16. The second-order valence-corrected chi connectivity index (χ2v) is 9.01. The zero-order valence-corrected chi connectivity index (χ0v) is 19.2. The highest BCUT2D eigenvalue weighted by Gasteiger charge is 2.49. The van der Waals surface area contributed by atoms with Gasteiger partial charge in [0.1, 0.15) is 28.5 Å². The van der Waals surface area contributed by atoms with Crippen molar-refractivity contribution in [1.82, 2.24) is 19.9 Å². The van der Waals surface area contributed by atoms with E-state index >= 15 is 0 Å². The second kappa shape index (κ2) is 8.10. The lowest BCUT2D eigenvalue weighted by atomic mass is 9.96. The highest BCUT2D eigenvalue weighted by atomic mass is 19.4. The third-order valence-corrected chi connectivity index (χ3v) is 5.95. The molecule has 1 aliphatic rings. The smallest absolute Gasteiger partial charge is 0.437 e. The van der Waals surface area contributed by atoms with Crippen molar-refractivity contribution in [3.05, 3.63) is 70.6 Å². The number of carbonyl (C=O) groups excluding carboxylic acids is 1. The van der Waals surface area contributed by atoms with E-state index in [9.17, 15) is 36.2 Å². The van der Waals surface area contributed by atoms with Crippen LogP contribution in [0.5, 0.6) is 0 Å². The third kappa shape index (κ3) is 4.14. The van der Waals surface area contributed by atoms with Gasteiger partial charge in [-0.15, -0.1) is 0 Å². The summed E-state index contributed by atoms with van der Waals surface area (Å²) >= 11 is 0. The largest absolute Gasteiger partial charge is 0.458 e. The molecule has 0 saturated carbocycles. The molecule has 4 aromatic rings. The van der Waals surface area contributed by atoms with Crippen molar-refractivity contribution in [2.24, 2.45) is 0 Å². The summed E-state index contributed by atoms with van der Waals surface area (Å²) in [5.74, 6) is -4.14. The molecule has 1 aromatic carbocycles. The van der Waals surface area contributed by atoms with Crippen molar-refractivity contribution in [3.63, 3.8) is 0 Å². The predicted octanol–water partition coefficient (Wildman–Crippen LogP) is 5.20. The van der Waals surface area contributed by atoms with Crippen molar-refractivity contribution in [1.29, 1.82) is 0 Å². The van der Waals surface area contributed by atoms with Gasteiger partial charge in [0, 0.05) is 24.0 Å². The molecule has 0 saturated heterocycles. The van der Waals surface area contributed by atoms with E-state index in [1.165, 1.54) is 30.6 Å². The van der Waals surface area contributed by atoms with Crippen LogP contribution in [-0.2, 0) is 24.4 Å². The zero-order chi connectivity index (χ0) is 26.9. The van der Waals surface area contributed by atoms with Gasteiger partial charge in [-0.05, 0) is 19.9 Å². The molecule has 4 heterocycles. The number of imidazole rings is 1. The van der Waals surface area contributed by atoms with Crippen LogP contribution in [0.4, 0.5) is 26.3 Å². The number of amides is 1. The van der Waals surface area contributed by atoms with Crippen LogP contribution in [0.25, 0.3) is 11.0 Å². The van der Waals surface area contributed by atoms with Crippen LogP contribution in [0.3, 0.4) is 0 Å². The van der Waals surface area contributed by atoms with Gasteiger partial charge in [-0.1, -0.05) is 18.2 Å². The summed E-state index contributed by atoms with van der Waals surface area (Å²) in [5.41, 5.74) is -4.60. The SMILES string of the molecule is CC(C)(O)c1nc(C(F)(F)F)c(C(=O)N2CCc3[nH]cnc3[C@@H]2c2oc3ccccc3c2C(F)(F)F)o1. The first-order valence-electron chi connectivity index (χ1n) is 10.9. The summed E-state index contributed by atoms with van der Waals surface area (Å²) < 4.78 is 94.9. The van der Waals surface area contributed by atoms with Crippen LogP contribution in [0.15, 0.2) is 39.4 Å². The van der Waals surface area contributed by atoms with Crippen LogP contribution in [0.1, 0.15) is 64.7 Å². The summed E-state index contributed by atoms with van der Waals surface area (Å²) in [6.07, 6.45) is -8.81. The minimum absolute atomic E-state index is 0.0139. The van der Waals surface area contributed by atoms with E-state index in [0.29, 0.717) is 5.69 Å². The predicted molar refractivity (Wildman–Crippen MR) is 113 cm³/mol. The number of aromatic nitrogens is 3. The Morgan fingerprint density at radius 2 is 1.81 bits per heavy atom. The summed E-state index contributed by atoms with van der Waals surface area (Å²) in [5, 5.41) is 9.84. The summed E-state index contributed by atoms with van der Waals surface area (Å²) in [6, 6.07) is 3.70. The first kappa shape index (κ1) is 24.9. The van der Waals surface area contributed by atoms with Gasteiger partial charge in [0.15, 0.2) is 5.69 Å². The summed E-state index contributed by atoms with van der Waals surface area (Å²) in [4.78, 5) is 24.5. The number of fused-ring (bicyclic) bond motifs is 2.